The smallest absolute Gasteiger partial charge is 0.257 e. The molecule has 160 valence electrons. The highest BCUT2D eigenvalue weighted by Crippen LogP contribution is 2.44. The van der Waals surface area contributed by atoms with Crippen molar-refractivity contribution in [2.75, 3.05) is 12.4 Å². The normalized spacial score (nSPS) is 15.8. The van der Waals surface area contributed by atoms with Crippen LogP contribution in [0.25, 0.3) is 0 Å². The zero-order valence-electron chi connectivity index (χ0n) is 17.6. The van der Waals surface area contributed by atoms with Gasteiger partial charge in [-0.25, -0.2) is 0 Å². The number of ether oxygens (including phenoxy) is 1. The minimum Gasteiger partial charge on any atom is -0.497 e. The van der Waals surface area contributed by atoms with E-state index in [0.717, 1.165) is 24.8 Å². The van der Waals surface area contributed by atoms with Crippen molar-refractivity contribution in [3.63, 3.8) is 0 Å². The molecule has 0 fully saturated rings. The summed E-state index contributed by atoms with van der Waals surface area (Å²) in [6.07, 6.45) is 2.75. The Labute approximate surface area is 186 Å². The van der Waals surface area contributed by atoms with Gasteiger partial charge in [-0.15, -0.1) is 11.3 Å². The number of amides is 2. The van der Waals surface area contributed by atoms with E-state index in [0.29, 0.717) is 27.8 Å². The summed E-state index contributed by atoms with van der Waals surface area (Å²) in [5.74, 6) is 0.279. The molecule has 1 aliphatic rings. The summed E-state index contributed by atoms with van der Waals surface area (Å²) >= 11 is 6.82. The quantitative estimate of drug-likeness (QED) is 0.615. The highest BCUT2D eigenvalue weighted by molar-refractivity contribution is 7.80. The first-order valence-electron chi connectivity index (χ1n) is 9.81. The Balaban J connectivity index is 1.77. The van der Waals surface area contributed by atoms with Crippen LogP contribution in [0.4, 0.5) is 5.00 Å². The number of thiocarbonyl (C=S) groups is 1. The second kappa shape index (κ2) is 8.73. The third-order valence-electron chi connectivity index (χ3n) is 5.52. The minimum atomic E-state index is -0.480. The summed E-state index contributed by atoms with van der Waals surface area (Å²) in [6.45, 7) is 6.73. The van der Waals surface area contributed by atoms with Crippen molar-refractivity contribution >= 4 is 45.5 Å². The highest BCUT2D eigenvalue weighted by atomic mass is 32.1. The summed E-state index contributed by atoms with van der Waals surface area (Å²) in [5, 5.41) is 6.39. The molecule has 8 heteroatoms. The minimum absolute atomic E-state index is 0.122. The van der Waals surface area contributed by atoms with Crippen LogP contribution in [-0.4, -0.2) is 24.0 Å². The predicted molar refractivity (Wildman–Crippen MR) is 124 cm³/mol. The van der Waals surface area contributed by atoms with Crippen LogP contribution in [0, 0.1) is 11.3 Å². The van der Waals surface area contributed by atoms with E-state index in [-0.39, 0.29) is 16.4 Å². The number of fused-ring (bicyclic) bond motifs is 1. The van der Waals surface area contributed by atoms with Crippen molar-refractivity contribution in [3.8, 4) is 5.75 Å². The zero-order valence-corrected chi connectivity index (χ0v) is 19.3. The van der Waals surface area contributed by atoms with E-state index in [1.807, 2.05) is 0 Å². The molecule has 30 heavy (non-hydrogen) atoms. The molecule has 0 radical (unpaired) electrons. The van der Waals surface area contributed by atoms with E-state index < -0.39 is 5.91 Å². The topological polar surface area (TPSA) is 93.4 Å². The zero-order chi connectivity index (χ0) is 22.1. The van der Waals surface area contributed by atoms with Crippen LogP contribution < -0.4 is 21.1 Å². The van der Waals surface area contributed by atoms with Gasteiger partial charge in [0.25, 0.3) is 11.8 Å². The van der Waals surface area contributed by atoms with E-state index in [1.54, 1.807) is 24.3 Å². The van der Waals surface area contributed by atoms with Gasteiger partial charge in [-0.2, -0.15) is 0 Å². The highest BCUT2D eigenvalue weighted by Gasteiger charge is 2.33. The number of benzene rings is 1. The molecule has 0 saturated heterocycles. The third kappa shape index (κ3) is 4.82. The number of nitrogens with one attached hydrogen (secondary N) is 2. The van der Waals surface area contributed by atoms with Gasteiger partial charge in [0.15, 0.2) is 5.11 Å². The lowest BCUT2D eigenvalue weighted by atomic mass is 9.72. The number of methoxy groups -OCH3 is 1. The van der Waals surface area contributed by atoms with Crippen LogP contribution in [0.3, 0.4) is 0 Å². The molecule has 0 bridgehead atoms. The number of carbonyl (C=O) groups is 2. The molecule has 1 unspecified atom stereocenters. The van der Waals surface area contributed by atoms with E-state index in [4.69, 9.17) is 22.7 Å². The molecule has 1 aliphatic carbocycles. The molecule has 0 saturated carbocycles. The Morgan fingerprint density at radius 2 is 2.03 bits per heavy atom. The van der Waals surface area contributed by atoms with Crippen LogP contribution >= 0.6 is 23.6 Å². The first-order chi connectivity index (χ1) is 14.1. The number of carbonyl (C=O) groups excluding carboxylic acids is 2. The number of hydrogen-bond acceptors (Lipinski definition) is 5. The predicted octanol–water partition coefficient (Wildman–Crippen LogP) is 4.13. The molecule has 4 N–H and O–H groups in total. The van der Waals surface area contributed by atoms with Crippen LogP contribution in [-0.2, 0) is 12.8 Å². The summed E-state index contributed by atoms with van der Waals surface area (Å²) < 4.78 is 5.15. The fourth-order valence-electron chi connectivity index (χ4n) is 3.75. The Morgan fingerprint density at radius 1 is 1.30 bits per heavy atom. The molecule has 1 aromatic carbocycles. The average molecular weight is 446 g/mol. The SMILES string of the molecule is COc1cccc(C(=O)NC(=S)Nc2sc3c(c2C(N)=O)CCC(C(C)(C)C)C3)c1. The maximum atomic E-state index is 12.5. The van der Waals surface area contributed by atoms with Gasteiger partial charge < -0.3 is 15.8 Å². The summed E-state index contributed by atoms with van der Waals surface area (Å²) in [6, 6.07) is 6.79. The Bertz CT molecular complexity index is 992. The number of thiophene rings is 1. The van der Waals surface area contributed by atoms with Gasteiger partial charge in [0.2, 0.25) is 0 Å². The molecule has 0 aliphatic heterocycles. The van der Waals surface area contributed by atoms with Crippen molar-refractivity contribution in [1.82, 2.24) is 5.32 Å². The number of nitrogens with two attached hydrogens (primary N) is 1. The lowest BCUT2D eigenvalue weighted by molar-refractivity contribution is 0.0975. The van der Waals surface area contributed by atoms with Gasteiger partial charge in [0.05, 0.1) is 12.7 Å². The second-order valence-electron chi connectivity index (χ2n) is 8.52. The van der Waals surface area contributed by atoms with Gasteiger partial charge in [-0.05, 0) is 66.6 Å². The van der Waals surface area contributed by atoms with Crippen molar-refractivity contribution in [1.29, 1.82) is 0 Å². The van der Waals surface area contributed by atoms with E-state index in [9.17, 15) is 9.59 Å². The van der Waals surface area contributed by atoms with E-state index >= 15 is 0 Å². The largest absolute Gasteiger partial charge is 0.497 e. The Morgan fingerprint density at radius 3 is 2.67 bits per heavy atom. The van der Waals surface area contributed by atoms with Crippen LogP contribution in [0.2, 0.25) is 0 Å². The molecular weight excluding hydrogens is 418 g/mol. The lowest BCUT2D eigenvalue weighted by Crippen LogP contribution is -2.34. The lowest BCUT2D eigenvalue weighted by Gasteiger charge is -2.33. The van der Waals surface area contributed by atoms with Crippen LogP contribution in [0.1, 0.15) is 58.3 Å². The standard InChI is InChI=1S/C22H27N3O3S2/c1-22(2,3)13-8-9-15-16(11-13)30-20(17(15)18(23)26)25-21(29)24-19(27)12-6-5-7-14(10-12)28-4/h5-7,10,13H,8-9,11H2,1-4H3,(H2,23,26)(H2,24,25,27,29). The molecule has 6 nitrogen and oxygen atoms in total. The van der Waals surface area contributed by atoms with Crippen molar-refractivity contribution in [2.24, 2.45) is 17.1 Å². The molecular formula is C22H27N3O3S2. The van der Waals surface area contributed by atoms with Crippen molar-refractivity contribution in [2.45, 2.75) is 40.0 Å². The van der Waals surface area contributed by atoms with Gasteiger partial charge in [-0.3, -0.25) is 14.9 Å². The average Bonchev–Trinajstić information content (AvgIpc) is 3.04. The molecule has 1 aromatic heterocycles. The van der Waals surface area contributed by atoms with Crippen LogP contribution in [0.15, 0.2) is 24.3 Å². The van der Waals surface area contributed by atoms with Gasteiger partial charge in [0.1, 0.15) is 10.8 Å². The molecule has 0 spiro atoms. The third-order valence-corrected chi connectivity index (χ3v) is 6.90. The van der Waals surface area contributed by atoms with Crippen molar-refractivity contribution in [3.05, 3.63) is 45.8 Å². The van der Waals surface area contributed by atoms with Gasteiger partial charge in [-0.1, -0.05) is 26.8 Å². The second-order valence-corrected chi connectivity index (χ2v) is 10.0. The van der Waals surface area contributed by atoms with Gasteiger partial charge >= 0.3 is 0 Å². The fraction of sp³-hybridized carbons (Fsp3) is 0.409. The maximum Gasteiger partial charge on any atom is 0.257 e. The summed E-state index contributed by atoms with van der Waals surface area (Å²) in [7, 11) is 1.54. The Hall–Kier alpha value is -2.45. The first kappa shape index (κ1) is 22.2. The number of rotatable bonds is 4. The number of primary amides is 1. The molecule has 1 atom stereocenters. The fourth-order valence-corrected chi connectivity index (χ4v) is 5.34. The summed E-state index contributed by atoms with van der Waals surface area (Å²) in [4.78, 5) is 25.8. The van der Waals surface area contributed by atoms with Crippen molar-refractivity contribution < 1.29 is 14.3 Å². The van der Waals surface area contributed by atoms with E-state index in [1.165, 1.54) is 23.3 Å². The van der Waals surface area contributed by atoms with Gasteiger partial charge in [0, 0.05) is 10.4 Å². The molecule has 3 rings (SSSR count). The summed E-state index contributed by atoms with van der Waals surface area (Å²) in [5.41, 5.74) is 7.80. The maximum absolute atomic E-state index is 12.5. The first-order valence-corrected chi connectivity index (χ1v) is 11.0. The van der Waals surface area contributed by atoms with Crippen LogP contribution in [0.5, 0.6) is 5.75 Å². The molecule has 2 aromatic rings. The molecule has 2 amide bonds. The number of hydrogen-bond donors (Lipinski definition) is 3. The monoisotopic (exact) mass is 445 g/mol. The Kier molecular flexibility index (Phi) is 6.47. The number of anilines is 1. The molecule has 1 heterocycles. The van der Waals surface area contributed by atoms with E-state index in [2.05, 4.69) is 31.4 Å².